The molecule has 0 spiro atoms. The van der Waals surface area contributed by atoms with Crippen molar-refractivity contribution in [3.05, 3.63) is 41.7 Å². The minimum atomic E-state index is 0.0251. The lowest BCUT2D eigenvalue weighted by Crippen LogP contribution is -2.33. The summed E-state index contributed by atoms with van der Waals surface area (Å²) in [5, 5.41) is 0. The first-order valence-electron chi connectivity index (χ1n) is 9.25. The zero-order valence-corrected chi connectivity index (χ0v) is 15.0. The summed E-state index contributed by atoms with van der Waals surface area (Å²) < 4.78 is 13.4. The minimum Gasteiger partial charge on any atom is -0.380 e. The fourth-order valence-electron chi connectivity index (χ4n) is 4.45. The summed E-state index contributed by atoms with van der Waals surface area (Å²) in [7, 11) is 0. The maximum atomic E-state index is 13.3. The van der Waals surface area contributed by atoms with Crippen molar-refractivity contribution >= 4 is 5.91 Å². The van der Waals surface area contributed by atoms with Crippen LogP contribution in [0.15, 0.2) is 30.3 Å². The van der Waals surface area contributed by atoms with Gasteiger partial charge in [0.05, 0.1) is 32.1 Å². The molecule has 1 amide bonds. The molecule has 0 saturated carbocycles. The van der Waals surface area contributed by atoms with Crippen LogP contribution in [-0.4, -0.2) is 53.3 Å². The highest BCUT2D eigenvalue weighted by Gasteiger charge is 2.49. The van der Waals surface area contributed by atoms with Gasteiger partial charge in [-0.1, -0.05) is 37.3 Å². The van der Waals surface area contributed by atoms with E-state index in [0.29, 0.717) is 24.8 Å². The average molecular weight is 353 g/mol. The Balaban J connectivity index is 1.51. The molecular weight excluding hydrogens is 330 g/mol. The van der Waals surface area contributed by atoms with Gasteiger partial charge < -0.3 is 18.9 Å². The molecule has 3 aliphatic heterocycles. The fraction of sp³-hybridized carbons (Fsp3) is 0.500. The van der Waals surface area contributed by atoms with Crippen molar-refractivity contribution < 1.29 is 14.3 Å². The summed E-state index contributed by atoms with van der Waals surface area (Å²) in [5.41, 5.74) is 2.56. The molecule has 0 N–H and O–H groups in total. The molecule has 26 heavy (non-hydrogen) atoms. The minimum absolute atomic E-state index is 0.0251. The van der Waals surface area contributed by atoms with Crippen molar-refractivity contribution in [2.75, 3.05) is 32.9 Å². The number of likely N-dealkylation sites (tertiary alicyclic amines) is 1. The first-order chi connectivity index (χ1) is 12.7. The van der Waals surface area contributed by atoms with E-state index in [4.69, 9.17) is 14.5 Å². The van der Waals surface area contributed by atoms with E-state index in [2.05, 4.69) is 11.5 Å². The Hall–Kier alpha value is -2.18. The highest BCUT2D eigenvalue weighted by Crippen LogP contribution is 2.41. The lowest BCUT2D eigenvalue weighted by molar-refractivity contribution is 0.0687. The van der Waals surface area contributed by atoms with Crippen molar-refractivity contribution in [2.45, 2.75) is 20.1 Å². The van der Waals surface area contributed by atoms with E-state index in [1.54, 1.807) is 0 Å². The van der Waals surface area contributed by atoms with Crippen LogP contribution in [-0.2, 0) is 22.6 Å². The monoisotopic (exact) mass is 353 g/mol. The molecule has 1 aromatic heterocycles. The molecule has 2 fully saturated rings. The number of nitrogens with zero attached hydrogens (tertiary/aromatic N) is 3. The summed E-state index contributed by atoms with van der Waals surface area (Å²) >= 11 is 0. The topological polar surface area (TPSA) is 56.6 Å². The maximum absolute atomic E-state index is 13.3. The van der Waals surface area contributed by atoms with E-state index in [0.717, 1.165) is 49.9 Å². The second kappa shape index (κ2) is 5.93. The molecule has 136 valence electrons. The van der Waals surface area contributed by atoms with E-state index in [-0.39, 0.29) is 11.3 Å². The molecule has 2 unspecified atom stereocenters. The summed E-state index contributed by atoms with van der Waals surface area (Å²) in [6.07, 6.45) is 0. The number of imidazole rings is 1. The molecule has 0 bridgehead atoms. The van der Waals surface area contributed by atoms with Gasteiger partial charge in [-0.25, -0.2) is 4.98 Å². The van der Waals surface area contributed by atoms with Gasteiger partial charge in [0.15, 0.2) is 5.69 Å². The third-order valence-electron chi connectivity index (χ3n) is 6.02. The smallest absolute Gasteiger partial charge is 0.274 e. The Kier molecular flexibility index (Phi) is 3.65. The highest BCUT2D eigenvalue weighted by molar-refractivity contribution is 5.94. The van der Waals surface area contributed by atoms with E-state index in [1.165, 1.54) is 0 Å². The fourth-order valence-corrected chi connectivity index (χ4v) is 4.45. The Morgan fingerprint density at radius 2 is 2.12 bits per heavy atom. The first kappa shape index (κ1) is 16.0. The van der Waals surface area contributed by atoms with Gasteiger partial charge in [-0.05, 0) is 0 Å². The van der Waals surface area contributed by atoms with Crippen LogP contribution in [0.2, 0.25) is 0 Å². The van der Waals surface area contributed by atoms with Gasteiger partial charge in [0, 0.05) is 36.5 Å². The molecule has 3 aliphatic rings. The second-order valence-corrected chi connectivity index (χ2v) is 7.85. The lowest BCUT2D eigenvalue weighted by atomic mass is 9.83. The van der Waals surface area contributed by atoms with Crippen molar-refractivity contribution in [1.29, 1.82) is 0 Å². The molecule has 0 aliphatic carbocycles. The molecule has 6 nitrogen and oxygen atoms in total. The lowest BCUT2D eigenvalue weighted by Gasteiger charge is -2.22. The number of amides is 1. The Morgan fingerprint density at radius 1 is 1.27 bits per heavy atom. The van der Waals surface area contributed by atoms with Crippen LogP contribution in [0.4, 0.5) is 0 Å². The van der Waals surface area contributed by atoms with Crippen LogP contribution >= 0.6 is 0 Å². The number of carbonyl (C=O) groups is 1. The quantitative estimate of drug-likeness (QED) is 0.830. The molecule has 2 saturated heterocycles. The molecule has 2 atom stereocenters. The predicted molar refractivity (Wildman–Crippen MR) is 95.6 cm³/mol. The largest absolute Gasteiger partial charge is 0.380 e. The van der Waals surface area contributed by atoms with Crippen molar-refractivity contribution in [1.82, 2.24) is 14.5 Å². The summed E-state index contributed by atoms with van der Waals surface area (Å²) in [4.78, 5) is 20.0. The second-order valence-electron chi connectivity index (χ2n) is 7.85. The van der Waals surface area contributed by atoms with Gasteiger partial charge in [0.2, 0.25) is 0 Å². The molecular formula is C20H23N3O3. The van der Waals surface area contributed by atoms with Crippen LogP contribution in [0.25, 0.3) is 11.4 Å². The number of aromatic nitrogens is 2. The molecule has 6 heteroatoms. The number of ether oxygens (including phenoxy) is 2. The van der Waals surface area contributed by atoms with Crippen LogP contribution in [0.3, 0.4) is 0 Å². The Bertz CT molecular complexity index is 847. The number of hydrogen-bond donors (Lipinski definition) is 0. The summed E-state index contributed by atoms with van der Waals surface area (Å²) in [5.74, 6) is 1.31. The van der Waals surface area contributed by atoms with E-state index in [1.807, 2.05) is 35.2 Å². The molecule has 2 aromatic rings. The normalized spacial score (nSPS) is 27.4. The standard InChI is InChI=1S/C20H23N3O3/c1-20-12-22(9-15(20)10-26-13-20)19(24)17-16-11-25-8-7-23(16)18(21-17)14-5-3-2-4-6-14/h2-6,15H,7-13H2,1H3. The van der Waals surface area contributed by atoms with Gasteiger partial charge >= 0.3 is 0 Å². The number of fused-ring (bicyclic) bond motifs is 2. The van der Waals surface area contributed by atoms with Crippen LogP contribution in [0.5, 0.6) is 0 Å². The summed E-state index contributed by atoms with van der Waals surface area (Å²) in [6, 6.07) is 10.1. The van der Waals surface area contributed by atoms with Gasteiger partial charge in [0.1, 0.15) is 5.82 Å². The molecule has 0 radical (unpaired) electrons. The summed E-state index contributed by atoms with van der Waals surface area (Å²) in [6.45, 7) is 7.03. The number of rotatable bonds is 2. The molecule has 1 aromatic carbocycles. The van der Waals surface area contributed by atoms with Crippen molar-refractivity contribution in [3.8, 4) is 11.4 Å². The molecule has 5 rings (SSSR count). The SMILES string of the molecule is CC12COCC1CN(C(=O)c1nc(-c3ccccc3)n3c1COCC3)C2. The number of benzene rings is 1. The van der Waals surface area contributed by atoms with Crippen LogP contribution in [0.1, 0.15) is 23.1 Å². The van der Waals surface area contributed by atoms with Crippen LogP contribution in [0, 0.1) is 11.3 Å². The Morgan fingerprint density at radius 3 is 2.92 bits per heavy atom. The van der Waals surface area contributed by atoms with Crippen molar-refractivity contribution in [3.63, 3.8) is 0 Å². The van der Waals surface area contributed by atoms with E-state index >= 15 is 0 Å². The first-order valence-corrected chi connectivity index (χ1v) is 9.25. The van der Waals surface area contributed by atoms with E-state index in [9.17, 15) is 4.79 Å². The maximum Gasteiger partial charge on any atom is 0.274 e. The van der Waals surface area contributed by atoms with Gasteiger partial charge in [-0.2, -0.15) is 0 Å². The van der Waals surface area contributed by atoms with Gasteiger partial charge in [0.25, 0.3) is 5.91 Å². The van der Waals surface area contributed by atoms with Crippen LogP contribution < -0.4 is 0 Å². The average Bonchev–Trinajstić information content (AvgIpc) is 3.31. The predicted octanol–water partition coefficient (Wildman–Crippen LogP) is 2.19. The zero-order chi connectivity index (χ0) is 17.7. The number of carbonyl (C=O) groups excluding carboxylic acids is 1. The van der Waals surface area contributed by atoms with Gasteiger partial charge in [-0.3, -0.25) is 4.79 Å². The Labute approximate surface area is 152 Å². The highest BCUT2D eigenvalue weighted by atomic mass is 16.5. The van der Waals surface area contributed by atoms with E-state index < -0.39 is 0 Å². The van der Waals surface area contributed by atoms with Crippen molar-refractivity contribution in [2.24, 2.45) is 11.3 Å². The third-order valence-corrected chi connectivity index (χ3v) is 6.02. The molecule has 4 heterocycles. The van der Waals surface area contributed by atoms with Gasteiger partial charge in [-0.15, -0.1) is 0 Å². The zero-order valence-electron chi connectivity index (χ0n) is 15.0. The third kappa shape index (κ3) is 2.40. The number of hydrogen-bond acceptors (Lipinski definition) is 4.